The molecule has 0 spiro atoms. The number of nitrogens with zero attached hydrogens (tertiary/aromatic N) is 4. The highest BCUT2D eigenvalue weighted by molar-refractivity contribution is 7.92. The minimum absolute atomic E-state index is 0.0455. The molecule has 1 fully saturated rings. The second-order valence-electron chi connectivity index (χ2n) is 14.3. The summed E-state index contributed by atoms with van der Waals surface area (Å²) in [6.07, 6.45) is 9.86. The number of hydrogen-bond donors (Lipinski definition) is 3. The Balaban J connectivity index is 1.48. The third kappa shape index (κ3) is 8.48. The van der Waals surface area contributed by atoms with Gasteiger partial charge in [0.15, 0.2) is 0 Å². The highest BCUT2D eigenvalue weighted by atomic mass is 35.5. The van der Waals surface area contributed by atoms with Crippen LogP contribution < -0.4 is 19.1 Å². The van der Waals surface area contributed by atoms with E-state index in [0.717, 1.165) is 43.2 Å². The molecule has 2 aliphatic heterocycles. The van der Waals surface area contributed by atoms with E-state index in [1.807, 2.05) is 31.2 Å². The van der Waals surface area contributed by atoms with Gasteiger partial charge in [0, 0.05) is 49.9 Å². The van der Waals surface area contributed by atoms with Gasteiger partial charge in [0.05, 0.1) is 30.8 Å². The fraction of sp³-hybridized carbons (Fsp3) is 0.500. The van der Waals surface area contributed by atoms with Crippen molar-refractivity contribution in [2.24, 2.45) is 29.2 Å². The number of halogens is 1. The molecule has 12 nitrogen and oxygen atoms in total. The van der Waals surface area contributed by atoms with E-state index in [2.05, 4.69) is 19.1 Å². The quantitative estimate of drug-likeness (QED) is 0.287. The lowest BCUT2D eigenvalue weighted by Gasteiger charge is -2.48. The Morgan fingerprint density at radius 1 is 1.19 bits per heavy atom. The predicted molar refractivity (Wildman–Crippen MR) is 200 cm³/mol. The first-order chi connectivity index (χ1) is 24.9. The Hall–Kier alpha value is -3.91. The van der Waals surface area contributed by atoms with Crippen LogP contribution in [0.25, 0.3) is 0 Å². The second-order valence-corrected chi connectivity index (χ2v) is 16.7. The number of carbonyl (C=O) groups is 2. The van der Waals surface area contributed by atoms with Crippen molar-refractivity contribution in [2.45, 2.75) is 64.0 Å². The van der Waals surface area contributed by atoms with Crippen LogP contribution in [0.4, 0.5) is 5.69 Å². The number of anilines is 1. The summed E-state index contributed by atoms with van der Waals surface area (Å²) in [6.45, 7) is 3.18. The molecular weight excluding hydrogens is 706 g/mol. The molecule has 280 valence electrons. The Morgan fingerprint density at radius 3 is 2.77 bits per heavy atom. The number of aryl methyl sites for hydroxylation is 2. The Labute approximate surface area is 310 Å². The van der Waals surface area contributed by atoms with Crippen LogP contribution >= 0.6 is 11.6 Å². The molecule has 6 rings (SSSR count). The normalized spacial score (nSPS) is 27.4. The molecule has 3 aliphatic rings. The third-order valence-corrected chi connectivity index (χ3v) is 12.6. The molecule has 0 saturated heterocycles. The van der Waals surface area contributed by atoms with Gasteiger partial charge in [-0.25, -0.2) is 4.21 Å². The highest BCUT2D eigenvalue weighted by Gasteiger charge is 2.45. The van der Waals surface area contributed by atoms with Gasteiger partial charge in [-0.3, -0.25) is 19.0 Å². The van der Waals surface area contributed by atoms with Gasteiger partial charge in [0.2, 0.25) is 5.88 Å². The zero-order chi connectivity index (χ0) is 37.0. The number of allylic oxidation sites excluding steroid dienone is 1. The molecule has 2 amide bonds. The number of rotatable bonds is 5. The van der Waals surface area contributed by atoms with E-state index in [1.54, 1.807) is 31.3 Å². The molecule has 3 heterocycles. The van der Waals surface area contributed by atoms with Gasteiger partial charge in [-0.1, -0.05) is 36.7 Å². The fourth-order valence-electron chi connectivity index (χ4n) is 7.58. The van der Waals surface area contributed by atoms with Crippen LogP contribution in [0.5, 0.6) is 11.6 Å². The average molecular weight is 754 g/mol. The number of methoxy groups -OCH3 is 1. The largest absolute Gasteiger partial charge is 0.491 e. The monoisotopic (exact) mass is 753 g/mol. The Morgan fingerprint density at radius 2 is 2.02 bits per heavy atom. The van der Waals surface area contributed by atoms with Crippen molar-refractivity contribution in [2.75, 3.05) is 37.5 Å². The minimum atomic E-state index is -3.69. The van der Waals surface area contributed by atoms with Crippen LogP contribution in [-0.4, -0.2) is 74.2 Å². The summed E-state index contributed by atoms with van der Waals surface area (Å²) < 4.78 is 34.4. The minimum Gasteiger partial charge on any atom is -0.491 e. The number of nitrogens with one attached hydrogen (secondary N) is 1. The van der Waals surface area contributed by atoms with Gasteiger partial charge in [-0.2, -0.15) is 0 Å². The van der Waals surface area contributed by atoms with Crippen LogP contribution in [-0.2, 0) is 29.9 Å². The van der Waals surface area contributed by atoms with Crippen molar-refractivity contribution >= 4 is 39.0 Å². The first-order valence-electron chi connectivity index (χ1n) is 17.9. The van der Waals surface area contributed by atoms with Crippen molar-refractivity contribution in [1.82, 2.24) is 14.5 Å². The van der Waals surface area contributed by atoms with Crippen LogP contribution in [0, 0.1) is 17.8 Å². The van der Waals surface area contributed by atoms with Crippen LogP contribution in [0.15, 0.2) is 59.1 Å². The molecule has 3 aromatic rings. The van der Waals surface area contributed by atoms with Crippen molar-refractivity contribution in [3.8, 4) is 11.6 Å². The van der Waals surface area contributed by atoms with Crippen LogP contribution in [0.3, 0.4) is 0 Å². The molecule has 0 radical (unpaired) electrons. The van der Waals surface area contributed by atoms with Crippen molar-refractivity contribution in [3.05, 3.63) is 82.0 Å². The molecule has 1 saturated carbocycles. The number of aliphatic hydroxyl groups excluding tert-OH is 1. The molecule has 52 heavy (non-hydrogen) atoms. The highest BCUT2D eigenvalue weighted by Crippen LogP contribution is 2.46. The lowest BCUT2D eigenvalue weighted by molar-refractivity contribution is -0.0582. The zero-order valence-corrected chi connectivity index (χ0v) is 31.5. The van der Waals surface area contributed by atoms with Gasteiger partial charge in [-0.05, 0) is 97.7 Å². The van der Waals surface area contributed by atoms with Gasteiger partial charge in [-0.15, -0.1) is 9.46 Å². The zero-order valence-electron chi connectivity index (χ0n) is 29.9. The number of aliphatic hydroxyl groups is 2. The molecule has 2 aromatic carbocycles. The van der Waals surface area contributed by atoms with E-state index < -0.39 is 27.3 Å². The van der Waals surface area contributed by atoms with Gasteiger partial charge in [0.25, 0.3) is 11.8 Å². The van der Waals surface area contributed by atoms with E-state index in [1.165, 1.54) is 18.0 Å². The van der Waals surface area contributed by atoms with Crippen LogP contribution in [0.1, 0.15) is 77.3 Å². The summed E-state index contributed by atoms with van der Waals surface area (Å²) in [5.74, 6) is -1.32. The molecule has 1 aromatic heterocycles. The average Bonchev–Trinajstić information content (AvgIpc) is 3.45. The number of benzene rings is 2. The number of aromatic nitrogens is 2. The summed E-state index contributed by atoms with van der Waals surface area (Å²) in [5.41, 5.74) is 1.90. The maximum Gasteiger partial charge on any atom is 0.286 e. The summed E-state index contributed by atoms with van der Waals surface area (Å²) in [6, 6.07) is 11.0. The summed E-state index contributed by atoms with van der Waals surface area (Å²) in [5, 5.41) is 26.9. The van der Waals surface area contributed by atoms with E-state index >= 15 is 0 Å². The lowest BCUT2D eigenvalue weighted by Crippen LogP contribution is -2.50. The number of ether oxygens (including phenoxy) is 2. The number of fused-ring (bicyclic) bond motifs is 3. The molecule has 5 atom stereocenters. The molecule has 14 heteroatoms. The number of hydrogen-bond acceptors (Lipinski definition) is 9. The molecule has 1 unspecified atom stereocenters. The molecule has 1 aliphatic carbocycles. The molecular formula is C38H48ClN5O7S. The van der Waals surface area contributed by atoms with Gasteiger partial charge < -0.3 is 24.6 Å². The molecule has 3 N–H and O–H groups in total. The summed E-state index contributed by atoms with van der Waals surface area (Å²) in [7, 11) is -0.685. The standard InChI is InChI=1S/C38H48ClN5O7S/c1-25-7-6-15-38(48,16-17-45)32-13-10-29(32)22-44-21-28-9-12-30(39)19-26(28)8-4-5-18-51-34-14-11-27(20-33(34)44)35(46)41-52(49,24-25)42-36(47)31-23-43(2)40-37(31)50-3/h6,9,11-12,14-15,19-20,23,25,29,32,45,48H,4-5,7-8,10,13,16-18,21-22,24H2,1-3H3,(H,41,42,46,47,49)/b15-6+/t25-,29-,32+,38?,52-/m0/s1. The first kappa shape index (κ1) is 37.8. The predicted octanol–water partition coefficient (Wildman–Crippen LogP) is 5.49. The third-order valence-electron chi connectivity index (χ3n) is 10.4. The topological polar surface area (TPSA) is 156 Å². The Kier molecular flexibility index (Phi) is 11.6. The second kappa shape index (κ2) is 16.0. The van der Waals surface area contributed by atoms with E-state index in [-0.39, 0.29) is 53.5 Å². The number of carbonyl (C=O) groups excluding carboxylic acids is 2. The number of amides is 2. The maximum absolute atomic E-state index is 14.6. The van der Waals surface area contributed by atoms with Gasteiger partial charge >= 0.3 is 0 Å². The lowest BCUT2D eigenvalue weighted by atomic mass is 9.63. The van der Waals surface area contributed by atoms with Crippen molar-refractivity contribution < 1.29 is 33.5 Å². The Bertz CT molecular complexity index is 1960. The van der Waals surface area contributed by atoms with E-state index in [4.69, 9.17) is 21.1 Å². The summed E-state index contributed by atoms with van der Waals surface area (Å²) >= 11 is 6.45. The van der Waals surface area contributed by atoms with Crippen molar-refractivity contribution in [3.63, 3.8) is 0 Å². The smallest absolute Gasteiger partial charge is 0.286 e. The van der Waals surface area contributed by atoms with Crippen LogP contribution in [0.2, 0.25) is 5.02 Å². The van der Waals surface area contributed by atoms with Crippen molar-refractivity contribution in [1.29, 1.82) is 0 Å². The fourth-order valence-corrected chi connectivity index (χ4v) is 9.65. The summed E-state index contributed by atoms with van der Waals surface area (Å²) in [4.78, 5) is 29.7. The SMILES string of the molecule is COc1nn(C)cc1C(=O)N[S@@]1(=O)=NC(=O)c2ccc3c(c2)N(Cc2ccc(Cl)cc2CCCCO3)C[C@@H]2CC[C@H]2C(O)(CCO)/C=C/C[C@H](C)C1. The van der Waals surface area contributed by atoms with E-state index in [9.17, 15) is 24.0 Å². The van der Waals surface area contributed by atoms with Gasteiger partial charge in [0.1, 0.15) is 21.2 Å². The maximum atomic E-state index is 14.6. The first-order valence-corrected chi connectivity index (χ1v) is 20.0. The molecule has 2 bridgehead atoms. The van der Waals surface area contributed by atoms with E-state index in [0.29, 0.717) is 42.6 Å².